The molecular weight excluding hydrogens is 407 g/mol. The number of carbonyl (C=O) groups excluding carboxylic acids is 1. The molecule has 32 heavy (non-hydrogen) atoms. The Morgan fingerprint density at radius 1 is 0.938 bits per heavy atom. The molecule has 0 atom stereocenters. The molecule has 1 aromatic heterocycles. The molecule has 0 aliphatic carbocycles. The number of hydrogen-bond donors (Lipinski definition) is 1. The SMILES string of the molecule is CC1=NN(c2ccc(F)cc2)C(=O)C1=Cc1c(C)[nH]n(-c2cccc3ccccc23)c1=O. The number of nitrogens with one attached hydrogen (secondary N) is 1. The molecule has 6 nitrogen and oxygen atoms in total. The highest BCUT2D eigenvalue weighted by molar-refractivity contribution is 6.32. The van der Waals surface area contributed by atoms with E-state index in [2.05, 4.69) is 10.2 Å². The number of nitrogens with zero attached hydrogens (tertiary/aromatic N) is 3. The zero-order chi connectivity index (χ0) is 22.4. The normalized spacial score (nSPS) is 15.1. The summed E-state index contributed by atoms with van der Waals surface area (Å²) in [7, 11) is 0. The van der Waals surface area contributed by atoms with Crippen LogP contribution in [0.5, 0.6) is 0 Å². The molecule has 3 aromatic carbocycles. The van der Waals surface area contributed by atoms with Crippen LogP contribution in [0.3, 0.4) is 0 Å². The van der Waals surface area contributed by atoms with Gasteiger partial charge in [0.25, 0.3) is 11.5 Å². The van der Waals surface area contributed by atoms with Crippen LogP contribution in [0.15, 0.2) is 82.2 Å². The Hall–Kier alpha value is -4.26. The number of aromatic nitrogens is 2. The smallest absolute Gasteiger partial charge is 0.280 e. The second-order valence-electron chi connectivity index (χ2n) is 7.63. The molecule has 1 N–H and O–H groups in total. The van der Waals surface area contributed by atoms with Gasteiger partial charge in [-0.2, -0.15) is 10.1 Å². The van der Waals surface area contributed by atoms with Gasteiger partial charge in [-0.3, -0.25) is 14.7 Å². The van der Waals surface area contributed by atoms with Crippen molar-refractivity contribution in [2.24, 2.45) is 5.10 Å². The minimum atomic E-state index is -0.395. The standard InChI is InChI=1S/C25H19FN4O2/c1-15-21(24(31)29(27-15)19-12-10-18(26)11-13-19)14-22-16(2)28-30(25(22)32)23-9-5-7-17-6-3-4-8-20(17)23/h3-14,28H,1-2H3. The fourth-order valence-electron chi connectivity index (χ4n) is 3.89. The second kappa shape index (κ2) is 7.46. The van der Waals surface area contributed by atoms with Crippen LogP contribution in [-0.2, 0) is 4.79 Å². The van der Waals surface area contributed by atoms with Crippen LogP contribution in [0.1, 0.15) is 18.2 Å². The van der Waals surface area contributed by atoms with Gasteiger partial charge in [-0.25, -0.2) is 9.07 Å². The van der Waals surface area contributed by atoms with E-state index in [9.17, 15) is 14.0 Å². The van der Waals surface area contributed by atoms with Gasteiger partial charge in [0.15, 0.2) is 0 Å². The maximum absolute atomic E-state index is 13.3. The Morgan fingerprint density at radius 3 is 2.44 bits per heavy atom. The van der Waals surface area contributed by atoms with E-state index in [1.165, 1.54) is 34.0 Å². The maximum Gasteiger partial charge on any atom is 0.280 e. The van der Waals surface area contributed by atoms with Crippen molar-refractivity contribution in [1.82, 2.24) is 9.78 Å². The topological polar surface area (TPSA) is 70.5 Å². The fraction of sp³-hybridized carbons (Fsp3) is 0.0800. The Kier molecular flexibility index (Phi) is 4.59. The van der Waals surface area contributed by atoms with Crippen molar-refractivity contribution >= 4 is 34.2 Å². The highest BCUT2D eigenvalue weighted by Crippen LogP contribution is 2.26. The van der Waals surface area contributed by atoms with Crippen LogP contribution >= 0.6 is 0 Å². The van der Waals surface area contributed by atoms with Gasteiger partial charge >= 0.3 is 0 Å². The molecule has 0 bridgehead atoms. The lowest BCUT2D eigenvalue weighted by Gasteiger charge is -2.11. The molecule has 0 spiro atoms. The maximum atomic E-state index is 13.3. The molecule has 1 aliphatic heterocycles. The van der Waals surface area contributed by atoms with E-state index in [0.717, 1.165) is 16.5 Å². The van der Waals surface area contributed by atoms with Crippen LogP contribution in [0.4, 0.5) is 10.1 Å². The van der Waals surface area contributed by atoms with Gasteiger partial charge in [-0.1, -0.05) is 36.4 Å². The molecule has 5 rings (SSSR count). The zero-order valence-corrected chi connectivity index (χ0v) is 17.5. The molecule has 0 saturated carbocycles. The van der Waals surface area contributed by atoms with Crippen molar-refractivity contribution in [2.45, 2.75) is 13.8 Å². The molecule has 2 heterocycles. The van der Waals surface area contributed by atoms with Gasteiger partial charge in [0.1, 0.15) is 5.82 Å². The molecule has 7 heteroatoms. The lowest BCUT2D eigenvalue weighted by atomic mass is 10.1. The quantitative estimate of drug-likeness (QED) is 0.488. The monoisotopic (exact) mass is 426 g/mol. The number of amides is 1. The highest BCUT2D eigenvalue weighted by atomic mass is 19.1. The average molecular weight is 426 g/mol. The number of hydrazone groups is 1. The van der Waals surface area contributed by atoms with Gasteiger partial charge < -0.3 is 0 Å². The largest absolute Gasteiger partial charge is 0.295 e. The third kappa shape index (κ3) is 3.15. The van der Waals surface area contributed by atoms with Crippen LogP contribution in [0.2, 0.25) is 0 Å². The number of benzene rings is 3. The van der Waals surface area contributed by atoms with Gasteiger partial charge in [0.05, 0.1) is 28.2 Å². The number of H-pyrrole nitrogens is 1. The van der Waals surface area contributed by atoms with Crippen molar-refractivity contribution in [1.29, 1.82) is 0 Å². The molecule has 0 fully saturated rings. The summed E-state index contributed by atoms with van der Waals surface area (Å²) in [5, 5.41) is 10.6. The lowest BCUT2D eigenvalue weighted by molar-refractivity contribution is -0.114. The number of anilines is 1. The zero-order valence-electron chi connectivity index (χ0n) is 17.5. The molecular formula is C25H19FN4O2. The summed E-state index contributed by atoms with van der Waals surface area (Å²) in [5.41, 5.74) is 2.75. The molecule has 0 saturated heterocycles. The Morgan fingerprint density at radius 2 is 1.66 bits per heavy atom. The van der Waals surface area contributed by atoms with E-state index in [0.29, 0.717) is 28.2 Å². The fourth-order valence-corrected chi connectivity index (χ4v) is 3.89. The lowest BCUT2D eigenvalue weighted by Crippen LogP contribution is -2.22. The number of fused-ring (bicyclic) bond motifs is 1. The third-order valence-electron chi connectivity index (χ3n) is 5.55. The Bertz CT molecular complexity index is 1490. The predicted octanol–water partition coefficient (Wildman–Crippen LogP) is 4.57. The highest BCUT2D eigenvalue weighted by Gasteiger charge is 2.29. The summed E-state index contributed by atoms with van der Waals surface area (Å²) in [6.45, 7) is 3.50. The minimum Gasteiger partial charge on any atom is -0.295 e. The Labute approximate surface area is 182 Å². The first-order valence-electron chi connectivity index (χ1n) is 10.1. The molecule has 158 valence electrons. The van der Waals surface area contributed by atoms with Crippen LogP contribution < -0.4 is 10.6 Å². The van der Waals surface area contributed by atoms with E-state index in [4.69, 9.17) is 0 Å². The van der Waals surface area contributed by atoms with E-state index in [1.807, 2.05) is 42.5 Å². The number of carbonyl (C=O) groups is 1. The predicted molar refractivity (Wildman–Crippen MR) is 124 cm³/mol. The van der Waals surface area contributed by atoms with Crippen molar-refractivity contribution in [3.8, 4) is 5.69 Å². The first-order chi connectivity index (χ1) is 15.4. The van der Waals surface area contributed by atoms with E-state index in [1.54, 1.807) is 19.9 Å². The summed E-state index contributed by atoms with van der Waals surface area (Å²) < 4.78 is 14.7. The summed E-state index contributed by atoms with van der Waals surface area (Å²) in [6, 6.07) is 19.1. The number of rotatable bonds is 3. The van der Waals surface area contributed by atoms with Gasteiger partial charge in [0.2, 0.25) is 0 Å². The van der Waals surface area contributed by atoms with Crippen molar-refractivity contribution in [2.75, 3.05) is 5.01 Å². The number of halogens is 1. The molecule has 1 aliphatic rings. The second-order valence-corrected chi connectivity index (χ2v) is 7.63. The summed E-state index contributed by atoms with van der Waals surface area (Å²) in [4.78, 5) is 26.3. The van der Waals surface area contributed by atoms with E-state index < -0.39 is 5.82 Å². The third-order valence-corrected chi connectivity index (χ3v) is 5.55. The van der Waals surface area contributed by atoms with E-state index in [-0.39, 0.29) is 11.5 Å². The Balaban J connectivity index is 1.58. The van der Waals surface area contributed by atoms with Crippen LogP contribution in [0.25, 0.3) is 22.5 Å². The molecule has 1 amide bonds. The summed E-state index contributed by atoms with van der Waals surface area (Å²) in [6.07, 6.45) is 1.57. The molecule has 0 radical (unpaired) electrons. The van der Waals surface area contributed by atoms with Crippen LogP contribution in [-0.4, -0.2) is 21.4 Å². The minimum absolute atomic E-state index is 0.257. The first kappa shape index (κ1) is 19.7. The van der Waals surface area contributed by atoms with Crippen molar-refractivity contribution in [3.05, 3.63) is 99.7 Å². The number of hydrogen-bond acceptors (Lipinski definition) is 3. The van der Waals surface area contributed by atoms with Gasteiger partial charge in [-0.05, 0) is 55.6 Å². The summed E-state index contributed by atoms with van der Waals surface area (Å²) >= 11 is 0. The first-order valence-corrected chi connectivity index (χ1v) is 10.1. The van der Waals surface area contributed by atoms with Crippen molar-refractivity contribution in [3.63, 3.8) is 0 Å². The average Bonchev–Trinajstić information content (AvgIpc) is 3.24. The van der Waals surface area contributed by atoms with Crippen molar-refractivity contribution < 1.29 is 9.18 Å². The summed E-state index contributed by atoms with van der Waals surface area (Å²) in [5.74, 6) is -0.764. The number of aryl methyl sites for hydroxylation is 1. The molecule has 0 unspecified atom stereocenters. The van der Waals surface area contributed by atoms with Gasteiger partial charge in [0, 0.05) is 11.1 Å². The van der Waals surface area contributed by atoms with Crippen LogP contribution in [0, 0.1) is 12.7 Å². The van der Waals surface area contributed by atoms with E-state index >= 15 is 0 Å². The molecule has 4 aromatic rings. The van der Waals surface area contributed by atoms with Gasteiger partial charge in [-0.15, -0.1) is 0 Å². The number of aromatic amines is 1.